The van der Waals surface area contributed by atoms with Gasteiger partial charge in [-0.1, -0.05) is 43.7 Å². The fourth-order valence-electron chi connectivity index (χ4n) is 11.1. The lowest BCUT2D eigenvalue weighted by atomic mass is 9.81. The number of amides is 9. The van der Waals surface area contributed by atoms with Crippen molar-refractivity contribution >= 4 is 76.0 Å². The number of primary amides is 1. The molecule has 25 nitrogen and oxygen atoms in total. The molecule has 0 fully saturated rings. The maximum Gasteiger partial charge on any atom is 0.343 e. The number of unbranched alkanes of at least 4 members (excludes halogenated alkanes) is 3. The number of nitrogens with two attached hydrogens (primary N) is 1. The van der Waals surface area contributed by atoms with Gasteiger partial charge in [0.2, 0.25) is 41.4 Å². The largest absolute Gasteiger partial charge is 0.481 e. The summed E-state index contributed by atoms with van der Waals surface area (Å²) in [6.45, 7) is 1.11. The number of hydrogen-bond donors (Lipinski definition) is 8. The molecule has 9 amide bonds. The lowest BCUT2D eigenvalue weighted by Crippen LogP contribution is -2.54. The molecule has 0 bridgehead atoms. The van der Waals surface area contributed by atoms with Gasteiger partial charge in [-0.3, -0.25) is 57.6 Å². The van der Waals surface area contributed by atoms with Crippen LogP contribution in [0.5, 0.6) is 0 Å². The van der Waals surface area contributed by atoms with Crippen LogP contribution in [0, 0.1) is 12.7 Å². The predicted molar refractivity (Wildman–Crippen MR) is 295 cm³/mol. The van der Waals surface area contributed by atoms with Crippen molar-refractivity contribution in [2.24, 2.45) is 5.73 Å². The minimum atomic E-state index is -2.07. The van der Waals surface area contributed by atoms with Crippen LogP contribution in [-0.2, 0) is 89.1 Å². The van der Waals surface area contributed by atoms with E-state index in [0.29, 0.717) is 76.6 Å². The van der Waals surface area contributed by atoms with Gasteiger partial charge in [0.1, 0.15) is 24.5 Å². The number of cyclic esters (lactones) is 1. The van der Waals surface area contributed by atoms with E-state index in [1.807, 2.05) is 0 Å². The van der Waals surface area contributed by atoms with Crippen molar-refractivity contribution in [2.75, 3.05) is 32.7 Å². The van der Waals surface area contributed by atoms with Gasteiger partial charge in [0, 0.05) is 67.1 Å². The highest BCUT2D eigenvalue weighted by molar-refractivity contribution is 6.12. The van der Waals surface area contributed by atoms with E-state index in [-0.39, 0.29) is 81.8 Å². The van der Waals surface area contributed by atoms with Gasteiger partial charge in [0.25, 0.3) is 17.4 Å². The normalized spacial score (nSPS) is 17.1. The number of aliphatic hydroxyl groups is 1. The molecular formula is C58H65FN10O15. The Hall–Kier alpha value is -9.20. The molecule has 444 valence electrons. The molecule has 0 unspecified atom stereocenters. The van der Waals surface area contributed by atoms with Crippen LogP contribution in [0.4, 0.5) is 4.39 Å². The van der Waals surface area contributed by atoms with Crippen molar-refractivity contribution in [3.63, 3.8) is 0 Å². The van der Waals surface area contributed by atoms with E-state index in [9.17, 15) is 67.7 Å². The Morgan fingerprint density at radius 1 is 0.857 bits per heavy atom. The molecule has 0 radical (unpaired) electrons. The molecule has 2 aromatic heterocycles. The summed E-state index contributed by atoms with van der Waals surface area (Å²) in [6, 6.07) is 8.02. The van der Waals surface area contributed by atoms with Gasteiger partial charge in [-0.05, 0) is 80.2 Å². The Morgan fingerprint density at radius 3 is 2.25 bits per heavy atom. The lowest BCUT2D eigenvalue weighted by Gasteiger charge is -2.31. The number of carboxylic acid groups (broad SMARTS) is 1. The second-order valence-electron chi connectivity index (χ2n) is 21.1. The molecule has 84 heavy (non-hydrogen) atoms. The van der Waals surface area contributed by atoms with E-state index >= 15 is 4.39 Å². The number of hydrogen-bond acceptors (Lipinski definition) is 15. The second kappa shape index (κ2) is 26.4. The standard InChI is InChI=1S/C58H65FN10O15/c1-3-58(83)36-23-42-53-34(28-69(42)55(80)35(36)30-84-57(58)82)52-38(17-16-33-31(2)37(59)24-39(66-53)51(33)52)63-44(71)15-9-11-20-67(29-43(60)70)56(81)41(22-32-12-6-4-7-13-32)65-47(74)27-61-46(73)26-62-54(79)40(25-50(77)78)64-45(72)14-8-5-10-21-68-48(75)18-19-49(68)76/h4,6-7,12-13,18-19,23-24,38,40-41,83H,3,5,8-11,14-17,20-22,25-30H2,1-2H3,(H2,60,70)(H,61,73)(H,62,79)(H,63,71)(H,64,72)(H,65,74)(H,77,78)/t38-,40-,41-,58-/m0/s1. The fraction of sp³-hybridized carbons (Fsp3) is 0.431. The van der Waals surface area contributed by atoms with E-state index in [2.05, 4.69) is 26.6 Å². The van der Waals surface area contributed by atoms with Crippen molar-refractivity contribution in [1.29, 1.82) is 0 Å². The number of rotatable bonds is 27. The Bertz CT molecular complexity index is 3440. The average molecular weight is 1160 g/mol. The number of ether oxygens (including phenoxy) is 1. The number of pyridine rings is 2. The third-order valence-corrected chi connectivity index (χ3v) is 15.5. The van der Waals surface area contributed by atoms with Crippen LogP contribution in [0.15, 0.2) is 59.4 Å². The first-order valence-electron chi connectivity index (χ1n) is 27.7. The van der Waals surface area contributed by atoms with Gasteiger partial charge >= 0.3 is 11.9 Å². The zero-order valence-corrected chi connectivity index (χ0v) is 46.3. The molecule has 26 heteroatoms. The molecule has 9 N–H and O–H groups in total. The summed E-state index contributed by atoms with van der Waals surface area (Å²) in [7, 11) is 0. The van der Waals surface area contributed by atoms with Crippen molar-refractivity contribution in [2.45, 2.75) is 128 Å². The number of aromatic nitrogens is 2. The molecule has 8 rings (SSSR count). The van der Waals surface area contributed by atoms with Gasteiger partial charge in [0.05, 0.1) is 61.1 Å². The average Bonchev–Trinajstić information content (AvgIpc) is 1.68. The third kappa shape index (κ3) is 13.7. The van der Waals surface area contributed by atoms with Crippen molar-refractivity contribution in [3.05, 3.63) is 110 Å². The molecule has 0 saturated carbocycles. The summed E-state index contributed by atoms with van der Waals surface area (Å²) >= 11 is 0. The molecule has 4 aromatic rings. The summed E-state index contributed by atoms with van der Waals surface area (Å²) < 4.78 is 22.2. The fourth-order valence-corrected chi connectivity index (χ4v) is 11.1. The SMILES string of the molecule is CC[C@@]1(O)C(=O)OCc2c1cc1n(c2=O)Cc2c-1nc1cc(F)c(C)c3c1c2[C@@H](NC(=O)CCCCN(CC(N)=O)C(=O)[C@H](Cc1ccccc1)NC(=O)CNC(=O)CNC(=O)[C@H](CC(=O)O)NC(=O)CCCCCN1C(=O)C=CC1=O)CC3. The first-order valence-corrected chi connectivity index (χ1v) is 27.7. The van der Waals surface area contributed by atoms with Crippen molar-refractivity contribution < 1.29 is 72.1 Å². The first kappa shape index (κ1) is 60.9. The van der Waals surface area contributed by atoms with Crippen LogP contribution in [-0.4, -0.2) is 139 Å². The quantitative estimate of drug-likeness (QED) is 0.0202. The van der Waals surface area contributed by atoms with E-state index in [0.717, 1.165) is 27.5 Å². The topological polar surface area (TPSA) is 365 Å². The molecule has 4 aliphatic rings. The van der Waals surface area contributed by atoms with Gasteiger partial charge in [-0.25, -0.2) is 14.2 Å². The number of halogens is 1. The molecule has 3 aliphatic heterocycles. The summed E-state index contributed by atoms with van der Waals surface area (Å²) in [5.74, 6) is -8.92. The van der Waals surface area contributed by atoms with Crippen LogP contribution in [0.3, 0.4) is 0 Å². The van der Waals surface area contributed by atoms with Crippen LogP contribution in [0.25, 0.3) is 22.3 Å². The summed E-state index contributed by atoms with van der Waals surface area (Å²) in [5, 5.41) is 34.1. The van der Waals surface area contributed by atoms with Crippen LogP contribution in [0.2, 0.25) is 0 Å². The Morgan fingerprint density at radius 2 is 1.55 bits per heavy atom. The van der Waals surface area contributed by atoms with Crippen molar-refractivity contribution in [1.82, 2.24) is 45.9 Å². The number of aliphatic carboxylic acids is 1. The number of carboxylic acids is 1. The molecule has 0 spiro atoms. The zero-order chi connectivity index (χ0) is 60.6. The van der Waals surface area contributed by atoms with E-state index in [1.54, 1.807) is 50.2 Å². The number of esters is 1. The second-order valence-corrected chi connectivity index (χ2v) is 21.1. The van der Waals surface area contributed by atoms with Crippen LogP contribution < -0.4 is 37.9 Å². The number of aryl methyl sites for hydroxylation is 1. The summed E-state index contributed by atoms with van der Waals surface area (Å²) in [5.41, 5.74) is 7.33. The number of imide groups is 1. The lowest BCUT2D eigenvalue weighted by molar-refractivity contribution is -0.172. The van der Waals surface area contributed by atoms with Crippen molar-refractivity contribution in [3.8, 4) is 11.4 Å². The van der Waals surface area contributed by atoms with E-state index < -0.39 is 120 Å². The molecular weight excluding hydrogens is 1100 g/mol. The Balaban J connectivity index is 0.862. The van der Waals surface area contributed by atoms with Gasteiger partial charge in [-0.2, -0.15) is 0 Å². The molecule has 1 aliphatic carbocycles. The number of carbonyl (C=O) groups is 11. The number of carbonyl (C=O) groups excluding carboxylic acids is 10. The number of fused-ring (bicyclic) bond motifs is 5. The Labute approximate surface area is 479 Å². The summed E-state index contributed by atoms with van der Waals surface area (Å²) in [4.78, 5) is 161. The molecule has 4 atom stereocenters. The van der Waals surface area contributed by atoms with E-state index in [1.165, 1.54) is 10.6 Å². The minimum absolute atomic E-state index is 0.0370. The third-order valence-electron chi connectivity index (χ3n) is 15.5. The molecule has 0 saturated heterocycles. The van der Waals surface area contributed by atoms with Crippen LogP contribution in [0.1, 0.15) is 116 Å². The van der Waals surface area contributed by atoms with E-state index in [4.69, 9.17) is 15.5 Å². The Kier molecular flexibility index (Phi) is 19.1. The zero-order valence-electron chi connectivity index (χ0n) is 46.3. The number of benzene rings is 2. The monoisotopic (exact) mass is 1160 g/mol. The number of nitrogens with one attached hydrogen (secondary N) is 5. The smallest absolute Gasteiger partial charge is 0.343 e. The number of nitrogens with zero attached hydrogens (tertiary/aromatic N) is 4. The van der Waals surface area contributed by atoms with Crippen LogP contribution >= 0.6 is 0 Å². The first-order chi connectivity index (χ1) is 40.1. The highest BCUT2D eigenvalue weighted by Crippen LogP contribution is 2.46. The highest BCUT2D eigenvalue weighted by Gasteiger charge is 2.46. The summed E-state index contributed by atoms with van der Waals surface area (Å²) in [6.07, 6.45) is 3.60. The highest BCUT2D eigenvalue weighted by atomic mass is 19.1. The van der Waals surface area contributed by atoms with Gasteiger partial charge < -0.3 is 56.7 Å². The predicted octanol–water partition coefficient (Wildman–Crippen LogP) is 0.520. The minimum Gasteiger partial charge on any atom is -0.481 e. The molecule has 5 heterocycles. The van der Waals surface area contributed by atoms with Gasteiger partial charge in [-0.15, -0.1) is 0 Å². The maximum absolute atomic E-state index is 15.5. The molecule has 2 aromatic carbocycles. The maximum atomic E-state index is 15.5. The van der Waals surface area contributed by atoms with Gasteiger partial charge in [0.15, 0.2) is 5.60 Å².